The number of nitrogens with one attached hydrogen (secondary N) is 1. The van der Waals surface area contributed by atoms with Crippen LogP contribution in [0.15, 0.2) is 66.7 Å². The smallest absolute Gasteiger partial charge is 0.307 e. The van der Waals surface area contributed by atoms with E-state index < -0.39 is 5.97 Å². The van der Waals surface area contributed by atoms with E-state index >= 15 is 0 Å². The summed E-state index contributed by atoms with van der Waals surface area (Å²) in [6, 6.07) is 22.0. The number of hydrogen-bond acceptors (Lipinski definition) is 5. The number of hydrogen-bond donors (Lipinski definition) is 4. The summed E-state index contributed by atoms with van der Waals surface area (Å²) in [6.07, 6.45) is -0.0672. The molecule has 0 fully saturated rings. The molecule has 170 valence electrons. The average Bonchev–Trinajstić information content (AvgIpc) is 2.79. The van der Waals surface area contributed by atoms with Gasteiger partial charge in [-0.1, -0.05) is 36.4 Å². The monoisotopic (exact) mass is 436 g/mol. The molecule has 3 aromatic rings. The molecule has 0 saturated heterocycles. The summed E-state index contributed by atoms with van der Waals surface area (Å²) in [5, 5.41) is 19.6. The molecule has 0 amide bonds. The van der Waals surface area contributed by atoms with E-state index in [1.165, 1.54) is 0 Å². The minimum absolute atomic E-state index is 0.0672. The van der Waals surface area contributed by atoms with Crippen molar-refractivity contribution in [3.8, 4) is 16.9 Å². The van der Waals surface area contributed by atoms with Crippen molar-refractivity contribution < 1.29 is 19.7 Å². The molecule has 0 aliphatic heterocycles. The summed E-state index contributed by atoms with van der Waals surface area (Å²) in [7, 11) is 1.00. The van der Waals surface area contributed by atoms with Gasteiger partial charge in [0.1, 0.15) is 12.4 Å². The molecular weight excluding hydrogens is 404 g/mol. The second-order valence-electron chi connectivity index (χ2n) is 7.59. The minimum atomic E-state index is -0.878. The van der Waals surface area contributed by atoms with Crippen LogP contribution in [-0.4, -0.2) is 29.3 Å². The fourth-order valence-corrected chi connectivity index (χ4v) is 3.35. The van der Waals surface area contributed by atoms with Gasteiger partial charge in [0.25, 0.3) is 0 Å². The number of carbonyl (C=O) groups is 1. The lowest BCUT2D eigenvalue weighted by atomic mass is 10.00. The third kappa shape index (κ3) is 7.41. The molecule has 0 bridgehead atoms. The van der Waals surface area contributed by atoms with Crippen molar-refractivity contribution in [2.75, 3.05) is 12.4 Å². The highest BCUT2D eigenvalue weighted by Crippen LogP contribution is 2.28. The van der Waals surface area contributed by atoms with Crippen molar-refractivity contribution in [3.63, 3.8) is 0 Å². The van der Waals surface area contributed by atoms with E-state index in [0.29, 0.717) is 30.5 Å². The van der Waals surface area contributed by atoms with Crippen LogP contribution in [0.5, 0.6) is 5.75 Å². The van der Waals surface area contributed by atoms with Gasteiger partial charge < -0.3 is 26.0 Å². The Hall–Kier alpha value is -3.35. The molecule has 5 N–H and O–H groups in total. The van der Waals surface area contributed by atoms with Gasteiger partial charge in [-0.2, -0.15) is 0 Å². The van der Waals surface area contributed by atoms with E-state index in [-0.39, 0.29) is 6.42 Å². The predicted molar refractivity (Wildman–Crippen MR) is 129 cm³/mol. The molecule has 0 aromatic heterocycles. The van der Waals surface area contributed by atoms with Crippen molar-refractivity contribution in [2.45, 2.75) is 39.5 Å². The zero-order valence-electron chi connectivity index (χ0n) is 18.8. The van der Waals surface area contributed by atoms with E-state index in [0.717, 1.165) is 35.1 Å². The fraction of sp³-hybridized carbons (Fsp3) is 0.269. The standard InChI is InChI=1S/C25H28N2O3.CH4O/c1-17(2)27-23-12-19(11-22(13-23)20-8-5-6-18(10-20)15-26)16-30-24-9-4-3-7-21(24)14-25(28)29;1-2/h3-13,17,27H,14-16,26H2,1-2H3,(H,28,29);2H,1H3. The maximum Gasteiger partial charge on any atom is 0.307 e. The Morgan fingerprint density at radius 3 is 2.38 bits per heavy atom. The second-order valence-corrected chi connectivity index (χ2v) is 7.59. The number of carboxylic acids is 1. The van der Waals surface area contributed by atoms with Gasteiger partial charge in [-0.3, -0.25) is 4.79 Å². The molecule has 0 spiro atoms. The zero-order chi connectivity index (χ0) is 23.5. The number of aliphatic hydroxyl groups is 1. The average molecular weight is 437 g/mol. The molecule has 6 heteroatoms. The summed E-state index contributed by atoms with van der Waals surface area (Å²) < 4.78 is 6.01. The lowest BCUT2D eigenvalue weighted by Gasteiger charge is -2.16. The van der Waals surface area contributed by atoms with E-state index in [1.807, 2.05) is 24.3 Å². The van der Waals surface area contributed by atoms with Crippen molar-refractivity contribution in [3.05, 3.63) is 83.4 Å². The molecule has 32 heavy (non-hydrogen) atoms. The number of rotatable bonds is 9. The number of aliphatic hydroxyl groups excluding tert-OH is 1. The lowest BCUT2D eigenvalue weighted by molar-refractivity contribution is -0.136. The number of carboxylic acid groups (broad SMARTS) is 1. The Morgan fingerprint density at radius 1 is 0.969 bits per heavy atom. The fourth-order valence-electron chi connectivity index (χ4n) is 3.35. The minimum Gasteiger partial charge on any atom is -0.489 e. The molecule has 0 saturated carbocycles. The molecule has 0 aliphatic carbocycles. The van der Waals surface area contributed by atoms with Crippen molar-refractivity contribution in [2.24, 2.45) is 5.73 Å². The topological polar surface area (TPSA) is 105 Å². The van der Waals surface area contributed by atoms with Crippen LogP contribution in [0.2, 0.25) is 0 Å². The van der Waals surface area contributed by atoms with Crippen LogP contribution in [0.4, 0.5) is 5.69 Å². The normalized spacial score (nSPS) is 10.3. The maximum absolute atomic E-state index is 11.1. The Morgan fingerprint density at radius 2 is 1.69 bits per heavy atom. The third-order valence-electron chi connectivity index (χ3n) is 4.65. The quantitative estimate of drug-likeness (QED) is 0.395. The number of aliphatic carboxylic acids is 1. The Labute approximate surface area is 189 Å². The zero-order valence-corrected chi connectivity index (χ0v) is 18.8. The number of ether oxygens (including phenoxy) is 1. The first kappa shape index (κ1) is 24.9. The highest BCUT2D eigenvalue weighted by atomic mass is 16.5. The lowest BCUT2D eigenvalue weighted by Crippen LogP contribution is -2.10. The molecule has 3 rings (SSSR count). The first-order valence-electron chi connectivity index (χ1n) is 10.5. The summed E-state index contributed by atoms with van der Waals surface area (Å²) >= 11 is 0. The number of para-hydroxylation sites is 1. The first-order valence-corrected chi connectivity index (χ1v) is 10.5. The molecule has 0 radical (unpaired) electrons. The van der Waals surface area contributed by atoms with E-state index in [2.05, 4.69) is 49.5 Å². The van der Waals surface area contributed by atoms with E-state index in [1.54, 1.807) is 12.1 Å². The number of benzene rings is 3. The summed E-state index contributed by atoms with van der Waals surface area (Å²) in [6.45, 7) is 5.03. The van der Waals surface area contributed by atoms with Crippen LogP contribution in [0.1, 0.15) is 30.5 Å². The Bertz CT molecular complexity index is 1020. The molecular formula is C26H32N2O4. The van der Waals surface area contributed by atoms with Gasteiger partial charge in [-0.15, -0.1) is 0 Å². The van der Waals surface area contributed by atoms with Gasteiger partial charge in [0, 0.05) is 30.9 Å². The molecule has 0 heterocycles. The molecule has 0 unspecified atom stereocenters. The molecule has 0 aliphatic rings. The molecule has 0 atom stereocenters. The van der Waals surface area contributed by atoms with Crippen LogP contribution in [0.25, 0.3) is 11.1 Å². The van der Waals surface area contributed by atoms with Gasteiger partial charge in [0.05, 0.1) is 6.42 Å². The van der Waals surface area contributed by atoms with Crippen LogP contribution >= 0.6 is 0 Å². The first-order chi connectivity index (χ1) is 15.4. The molecule has 3 aromatic carbocycles. The predicted octanol–water partition coefficient (Wildman–Crippen LogP) is 4.45. The number of nitrogens with two attached hydrogens (primary N) is 1. The van der Waals surface area contributed by atoms with Crippen LogP contribution in [0, 0.1) is 0 Å². The van der Waals surface area contributed by atoms with Crippen molar-refractivity contribution in [1.29, 1.82) is 0 Å². The number of anilines is 1. The van der Waals surface area contributed by atoms with E-state index in [4.69, 9.17) is 20.7 Å². The van der Waals surface area contributed by atoms with Gasteiger partial charge in [-0.25, -0.2) is 0 Å². The van der Waals surface area contributed by atoms with Crippen molar-refractivity contribution >= 4 is 11.7 Å². The van der Waals surface area contributed by atoms with Gasteiger partial charge in [0.15, 0.2) is 0 Å². The third-order valence-corrected chi connectivity index (χ3v) is 4.65. The highest BCUT2D eigenvalue weighted by molar-refractivity contribution is 5.71. The molecule has 6 nitrogen and oxygen atoms in total. The summed E-state index contributed by atoms with van der Waals surface area (Å²) in [5.74, 6) is -0.287. The van der Waals surface area contributed by atoms with Crippen LogP contribution < -0.4 is 15.8 Å². The van der Waals surface area contributed by atoms with Gasteiger partial charge >= 0.3 is 5.97 Å². The maximum atomic E-state index is 11.1. The Kier molecular flexibility index (Phi) is 9.73. The highest BCUT2D eigenvalue weighted by Gasteiger charge is 2.10. The summed E-state index contributed by atoms with van der Waals surface area (Å²) in [4.78, 5) is 11.1. The van der Waals surface area contributed by atoms with Crippen LogP contribution in [0.3, 0.4) is 0 Å². The van der Waals surface area contributed by atoms with E-state index in [9.17, 15) is 4.79 Å². The largest absolute Gasteiger partial charge is 0.489 e. The Balaban J connectivity index is 0.00000176. The van der Waals surface area contributed by atoms with Crippen molar-refractivity contribution in [1.82, 2.24) is 0 Å². The van der Waals surface area contributed by atoms with Gasteiger partial charge in [-0.05, 0) is 66.4 Å². The van der Waals surface area contributed by atoms with Crippen LogP contribution in [-0.2, 0) is 24.4 Å². The SMILES string of the molecule is CC(C)Nc1cc(COc2ccccc2CC(=O)O)cc(-c2cccc(CN)c2)c1.CO. The summed E-state index contributed by atoms with van der Waals surface area (Å²) in [5.41, 5.74) is 11.7. The second kappa shape index (κ2) is 12.5. The van der Waals surface area contributed by atoms with Gasteiger partial charge in [0.2, 0.25) is 0 Å².